The van der Waals surface area contributed by atoms with E-state index in [1.165, 1.54) is 5.56 Å². The Morgan fingerprint density at radius 2 is 1.81 bits per heavy atom. The van der Waals surface area contributed by atoms with Crippen LogP contribution in [-0.2, 0) is 15.9 Å². The summed E-state index contributed by atoms with van der Waals surface area (Å²) in [5.74, 6) is 0. The highest BCUT2D eigenvalue weighted by molar-refractivity contribution is 5.23. The van der Waals surface area contributed by atoms with Crippen molar-refractivity contribution in [2.75, 3.05) is 20.3 Å². The largest absolute Gasteiger partial charge is 0.347 e. The fourth-order valence-corrected chi connectivity index (χ4v) is 1.77. The second kappa shape index (κ2) is 5.43. The second-order valence-corrected chi connectivity index (χ2v) is 4.08. The van der Waals surface area contributed by atoms with Crippen LogP contribution in [-0.4, -0.2) is 26.3 Å². The van der Waals surface area contributed by atoms with Gasteiger partial charge in [-0.2, -0.15) is 0 Å². The fourth-order valence-electron chi connectivity index (χ4n) is 1.77. The Bertz CT molecular complexity index is 315. The molecule has 1 aromatic carbocycles. The first kappa shape index (κ1) is 11.6. The molecular weight excluding hydrogens is 202 g/mol. The van der Waals surface area contributed by atoms with E-state index in [-0.39, 0.29) is 6.29 Å². The molecule has 1 saturated heterocycles. The summed E-state index contributed by atoms with van der Waals surface area (Å²) in [4.78, 5) is 0. The number of hydrogen-bond donors (Lipinski definition) is 1. The summed E-state index contributed by atoms with van der Waals surface area (Å²) in [5.41, 5.74) is 2.44. The van der Waals surface area contributed by atoms with E-state index in [1.807, 2.05) is 7.05 Å². The van der Waals surface area contributed by atoms with Gasteiger partial charge in [0.1, 0.15) is 0 Å². The molecule has 0 radical (unpaired) electrons. The zero-order valence-electron chi connectivity index (χ0n) is 9.90. The molecular formula is C13H19NO2. The van der Waals surface area contributed by atoms with E-state index >= 15 is 0 Å². The van der Waals surface area contributed by atoms with Crippen LogP contribution in [0.2, 0.25) is 0 Å². The van der Waals surface area contributed by atoms with Crippen molar-refractivity contribution >= 4 is 0 Å². The lowest BCUT2D eigenvalue weighted by molar-refractivity contribution is -0.193. The summed E-state index contributed by atoms with van der Waals surface area (Å²) in [7, 11) is 1.92. The number of ether oxygens (including phenoxy) is 2. The number of nitrogens with one attached hydrogen (secondary N) is 1. The van der Waals surface area contributed by atoms with Crippen molar-refractivity contribution < 1.29 is 9.47 Å². The summed E-state index contributed by atoms with van der Waals surface area (Å²) in [6.45, 7) is 3.56. The van der Waals surface area contributed by atoms with Crippen molar-refractivity contribution in [1.29, 1.82) is 0 Å². The lowest BCUT2D eigenvalue weighted by Crippen LogP contribution is -2.40. The first-order valence-corrected chi connectivity index (χ1v) is 5.82. The summed E-state index contributed by atoms with van der Waals surface area (Å²) >= 11 is 0. The van der Waals surface area contributed by atoms with Crippen LogP contribution in [0.5, 0.6) is 0 Å². The van der Waals surface area contributed by atoms with Crippen LogP contribution < -0.4 is 5.32 Å². The van der Waals surface area contributed by atoms with E-state index < -0.39 is 0 Å². The molecule has 1 aliphatic heterocycles. The van der Waals surface area contributed by atoms with Gasteiger partial charge in [0, 0.05) is 5.56 Å². The Hall–Kier alpha value is -0.900. The van der Waals surface area contributed by atoms with Gasteiger partial charge in [0.05, 0.1) is 19.3 Å². The predicted molar refractivity (Wildman–Crippen MR) is 63.3 cm³/mol. The van der Waals surface area contributed by atoms with Crippen molar-refractivity contribution in [2.24, 2.45) is 0 Å². The minimum absolute atomic E-state index is 0.199. The van der Waals surface area contributed by atoms with Crippen LogP contribution in [0, 0.1) is 0 Å². The van der Waals surface area contributed by atoms with Gasteiger partial charge in [0.25, 0.3) is 0 Å². The van der Waals surface area contributed by atoms with Crippen molar-refractivity contribution in [3.63, 3.8) is 0 Å². The van der Waals surface area contributed by atoms with Crippen LogP contribution in [0.4, 0.5) is 0 Å². The fraction of sp³-hybridized carbons (Fsp3) is 0.538. The average Bonchev–Trinajstić information content (AvgIpc) is 2.39. The molecule has 1 heterocycles. The number of aryl methyl sites for hydroxylation is 1. The molecule has 1 N–H and O–H groups in total. The molecule has 0 bridgehead atoms. The molecule has 2 rings (SSSR count). The van der Waals surface area contributed by atoms with Crippen LogP contribution in [0.25, 0.3) is 0 Å². The Labute approximate surface area is 96.8 Å². The first-order chi connectivity index (χ1) is 7.83. The summed E-state index contributed by atoms with van der Waals surface area (Å²) in [6, 6.07) is 8.75. The zero-order chi connectivity index (χ0) is 11.4. The van der Waals surface area contributed by atoms with Crippen LogP contribution in [0.1, 0.15) is 24.3 Å². The van der Waals surface area contributed by atoms with Crippen molar-refractivity contribution in [3.8, 4) is 0 Å². The maximum absolute atomic E-state index is 5.66. The number of likely N-dealkylation sites (N-methyl/N-ethyl adjacent to an activating group) is 1. The third-order valence-electron chi connectivity index (χ3n) is 2.97. The van der Waals surface area contributed by atoms with E-state index in [1.54, 1.807) is 0 Å². The van der Waals surface area contributed by atoms with Gasteiger partial charge < -0.3 is 14.8 Å². The van der Waals surface area contributed by atoms with E-state index in [0.29, 0.717) is 19.3 Å². The summed E-state index contributed by atoms with van der Waals surface area (Å²) < 4.78 is 11.3. The van der Waals surface area contributed by atoms with Gasteiger partial charge in [-0.1, -0.05) is 31.2 Å². The molecule has 16 heavy (non-hydrogen) atoms. The van der Waals surface area contributed by atoms with Gasteiger partial charge in [-0.25, -0.2) is 0 Å². The molecule has 88 valence electrons. The molecule has 0 atom stereocenters. The van der Waals surface area contributed by atoms with Crippen molar-refractivity contribution in [1.82, 2.24) is 5.32 Å². The Morgan fingerprint density at radius 3 is 2.31 bits per heavy atom. The van der Waals surface area contributed by atoms with Gasteiger partial charge in [-0.05, 0) is 19.0 Å². The van der Waals surface area contributed by atoms with Crippen LogP contribution >= 0.6 is 0 Å². The SMILES string of the molecule is CCc1ccc(C2OCC(NC)CO2)cc1. The molecule has 1 aliphatic rings. The smallest absolute Gasteiger partial charge is 0.183 e. The van der Waals surface area contributed by atoms with E-state index in [4.69, 9.17) is 9.47 Å². The predicted octanol–water partition coefficient (Wildman–Crippen LogP) is 1.88. The number of rotatable bonds is 3. The molecule has 0 saturated carbocycles. The maximum atomic E-state index is 5.66. The summed E-state index contributed by atoms with van der Waals surface area (Å²) in [6.07, 6.45) is 0.865. The van der Waals surface area contributed by atoms with Crippen molar-refractivity contribution in [3.05, 3.63) is 35.4 Å². The normalized spacial score (nSPS) is 25.6. The highest BCUT2D eigenvalue weighted by Crippen LogP contribution is 2.23. The minimum atomic E-state index is -0.199. The summed E-state index contributed by atoms with van der Waals surface area (Å²) in [5, 5.41) is 3.14. The maximum Gasteiger partial charge on any atom is 0.183 e. The number of hydrogen-bond acceptors (Lipinski definition) is 3. The molecule has 0 amide bonds. The highest BCUT2D eigenvalue weighted by atomic mass is 16.7. The van der Waals surface area contributed by atoms with E-state index in [0.717, 1.165) is 12.0 Å². The molecule has 3 heteroatoms. The number of benzene rings is 1. The van der Waals surface area contributed by atoms with E-state index in [9.17, 15) is 0 Å². The van der Waals surface area contributed by atoms with Gasteiger partial charge in [-0.15, -0.1) is 0 Å². The quantitative estimate of drug-likeness (QED) is 0.845. The average molecular weight is 221 g/mol. The molecule has 3 nitrogen and oxygen atoms in total. The molecule has 0 spiro atoms. The topological polar surface area (TPSA) is 30.5 Å². The molecule has 0 aromatic heterocycles. The Kier molecular flexibility index (Phi) is 3.93. The lowest BCUT2D eigenvalue weighted by Gasteiger charge is -2.29. The first-order valence-electron chi connectivity index (χ1n) is 5.82. The zero-order valence-corrected chi connectivity index (χ0v) is 9.90. The van der Waals surface area contributed by atoms with Gasteiger partial charge in [0.15, 0.2) is 6.29 Å². The van der Waals surface area contributed by atoms with E-state index in [2.05, 4.69) is 36.5 Å². The lowest BCUT2D eigenvalue weighted by atomic mass is 10.1. The Morgan fingerprint density at radius 1 is 1.19 bits per heavy atom. The van der Waals surface area contributed by atoms with Gasteiger partial charge in [0.2, 0.25) is 0 Å². The standard InChI is InChI=1S/C13H19NO2/c1-3-10-4-6-11(7-5-10)13-15-8-12(14-2)9-16-13/h4-7,12-14H,3,8-9H2,1-2H3. The molecule has 0 aliphatic carbocycles. The highest BCUT2D eigenvalue weighted by Gasteiger charge is 2.22. The van der Waals surface area contributed by atoms with Gasteiger partial charge in [-0.3, -0.25) is 0 Å². The van der Waals surface area contributed by atoms with Gasteiger partial charge >= 0.3 is 0 Å². The second-order valence-electron chi connectivity index (χ2n) is 4.08. The third-order valence-corrected chi connectivity index (χ3v) is 2.97. The molecule has 1 fully saturated rings. The van der Waals surface area contributed by atoms with Crippen LogP contribution in [0.15, 0.2) is 24.3 Å². The van der Waals surface area contributed by atoms with Crippen molar-refractivity contribution in [2.45, 2.75) is 25.7 Å². The molecule has 1 aromatic rings. The minimum Gasteiger partial charge on any atom is -0.347 e. The molecule has 0 unspecified atom stereocenters. The van der Waals surface area contributed by atoms with Crippen LogP contribution in [0.3, 0.4) is 0 Å². The third kappa shape index (κ3) is 2.61. The Balaban J connectivity index is 1.97. The monoisotopic (exact) mass is 221 g/mol.